The van der Waals surface area contributed by atoms with E-state index in [1.165, 1.54) is 0 Å². The molecule has 3 nitrogen and oxygen atoms in total. The number of Topliss-reactive ketones (excluding diaryl/α,β-unsaturated/α-hetero) is 1. The van der Waals surface area contributed by atoms with E-state index in [0.717, 1.165) is 14.5 Å². The van der Waals surface area contributed by atoms with E-state index in [-0.39, 0.29) is 12.4 Å². The van der Waals surface area contributed by atoms with Crippen molar-refractivity contribution in [1.29, 1.82) is 0 Å². The van der Waals surface area contributed by atoms with Crippen LogP contribution in [0.4, 0.5) is 0 Å². The second kappa shape index (κ2) is 7.09. The number of benzene rings is 2. The first-order valence-corrected chi connectivity index (χ1v) is 7.85. The molecule has 2 aromatic rings. The molecule has 0 aliphatic heterocycles. The lowest BCUT2D eigenvalue weighted by molar-refractivity contribution is 0.0921. The number of hydrogen-bond acceptors (Lipinski definition) is 3. The monoisotopic (exact) mass is 412 g/mol. The van der Waals surface area contributed by atoms with Gasteiger partial charge in [-0.15, -0.1) is 0 Å². The molecule has 0 N–H and O–H groups in total. The Morgan fingerprint density at radius 1 is 1.10 bits per heavy atom. The molecule has 0 aromatic heterocycles. The lowest BCUT2D eigenvalue weighted by atomic mass is 10.1. The number of carbonyl (C=O) groups excluding carboxylic acids is 1. The fraction of sp³-hybridized carbons (Fsp3) is 0.188. The Morgan fingerprint density at radius 3 is 2.43 bits per heavy atom. The number of rotatable bonds is 5. The molecule has 0 saturated heterocycles. The Morgan fingerprint density at radius 2 is 1.76 bits per heavy atom. The SMILES string of the molecule is COc1cc(Br)c(OCC(=O)c2cccc(C)c2)cc1Br. The standard InChI is InChI=1S/C16H14Br2O3/c1-10-4-3-5-11(6-10)14(19)9-21-16-8-12(17)15(20-2)7-13(16)18/h3-8H,9H2,1-2H3. The fourth-order valence-corrected chi connectivity index (χ4v) is 2.74. The second-order valence-electron chi connectivity index (χ2n) is 4.50. The van der Waals surface area contributed by atoms with Gasteiger partial charge in [-0.05, 0) is 57.0 Å². The van der Waals surface area contributed by atoms with Crippen molar-refractivity contribution in [2.45, 2.75) is 6.92 Å². The Labute approximate surface area is 140 Å². The molecule has 0 unspecified atom stereocenters. The van der Waals surface area contributed by atoms with Gasteiger partial charge in [0.1, 0.15) is 11.5 Å². The summed E-state index contributed by atoms with van der Waals surface area (Å²) in [5.41, 5.74) is 1.70. The molecule has 2 aromatic carbocycles. The van der Waals surface area contributed by atoms with E-state index in [1.54, 1.807) is 25.3 Å². The van der Waals surface area contributed by atoms with Crippen LogP contribution in [-0.4, -0.2) is 19.5 Å². The zero-order valence-corrected chi connectivity index (χ0v) is 14.8. The molecule has 21 heavy (non-hydrogen) atoms. The van der Waals surface area contributed by atoms with Crippen LogP contribution in [0.2, 0.25) is 0 Å². The summed E-state index contributed by atoms with van der Waals surface area (Å²) in [5.74, 6) is 1.22. The lowest BCUT2D eigenvalue weighted by Crippen LogP contribution is -2.12. The van der Waals surface area contributed by atoms with Crippen LogP contribution in [0.25, 0.3) is 0 Å². The number of halogens is 2. The van der Waals surface area contributed by atoms with Gasteiger partial charge in [0.15, 0.2) is 12.4 Å². The topological polar surface area (TPSA) is 35.5 Å². The van der Waals surface area contributed by atoms with Gasteiger partial charge in [0.05, 0.1) is 16.1 Å². The second-order valence-corrected chi connectivity index (χ2v) is 6.21. The maximum atomic E-state index is 12.1. The van der Waals surface area contributed by atoms with Gasteiger partial charge in [0.25, 0.3) is 0 Å². The molecule has 2 rings (SSSR count). The molecule has 0 saturated carbocycles. The molecule has 0 bridgehead atoms. The van der Waals surface area contributed by atoms with Crippen LogP contribution in [0.15, 0.2) is 45.3 Å². The lowest BCUT2D eigenvalue weighted by Gasteiger charge is -2.11. The molecule has 0 aliphatic rings. The van der Waals surface area contributed by atoms with Gasteiger partial charge in [-0.2, -0.15) is 0 Å². The van der Waals surface area contributed by atoms with Gasteiger partial charge in [0.2, 0.25) is 0 Å². The minimum atomic E-state index is -0.0578. The van der Waals surface area contributed by atoms with Crippen LogP contribution in [-0.2, 0) is 0 Å². The van der Waals surface area contributed by atoms with Crippen molar-refractivity contribution < 1.29 is 14.3 Å². The van der Waals surface area contributed by atoms with Gasteiger partial charge in [0, 0.05) is 5.56 Å². The zero-order chi connectivity index (χ0) is 15.4. The van der Waals surface area contributed by atoms with E-state index in [4.69, 9.17) is 9.47 Å². The van der Waals surface area contributed by atoms with Crippen molar-refractivity contribution in [3.8, 4) is 11.5 Å². The Hall–Kier alpha value is -1.33. The summed E-state index contributed by atoms with van der Waals surface area (Å²) in [6.45, 7) is 1.94. The summed E-state index contributed by atoms with van der Waals surface area (Å²) in [7, 11) is 1.59. The van der Waals surface area contributed by atoms with Crippen LogP contribution in [0, 0.1) is 6.92 Å². The molecule has 0 fully saturated rings. The Balaban J connectivity index is 2.10. The molecular formula is C16H14Br2O3. The summed E-state index contributed by atoms with van der Waals surface area (Å²) in [4.78, 5) is 12.1. The highest BCUT2D eigenvalue weighted by Gasteiger charge is 2.11. The van der Waals surface area contributed by atoms with Crippen molar-refractivity contribution in [2.75, 3.05) is 13.7 Å². The van der Waals surface area contributed by atoms with Crippen LogP contribution in [0.5, 0.6) is 11.5 Å². The van der Waals surface area contributed by atoms with Gasteiger partial charge in [-0.25, -0.2) is 0 Å². The first kappa shape index (κ1) is 16.0. The third-order valence-electron chi connectivity index (χ3n) is 2.91. The van der Waals surface area contributed by atoms with E-state index in [9.17, 15) is 4.79 Å². The van der Waals surface area contributed by atoms with Gasteiger partial charge in [-0.3, -0.25) is 4.79 Å². The molecule has 0 heterocycles. The quantitative estimate of drug-likeness (QED) is 0.661. The number of ether oxygens (including phenoxy) is 2. The predicted octanol–water partition coefficient (Wildman–Crippen LogP) is 4.79. The van der Waals surface area contributed by atoms with Crippen molar-refractivity contribution in [3.63, 3.8) is 0 Å². The van der Waals surface area contributed by atoms with Crippen LogP contribution < -0.4 is 9.47 Å². The Kier molecular flexibility index (Phi) is 5.42. The van der Waals surface area contributed by atoms with E-state index < -0.39 is 0 Å². The molecule has 0 aliphatic carbocycles. The molecule has 0 amide bonds. The number of hydrogen-bond donors (Lipinski definition) is 0. The van der Waals surface area contributed by atoms with Crippen LogP contribution in [0.3, 0.4) is 0 Å². The van der Waals surface area contributed by atoms with Crippen LogP contribution >= 0.6 is 31.9 Å². The molecular weight excluding hydrogens is 400 g/mol. The molecule has 0 spiro atoms. The number of aryl methyl sites for hydroxylation is 1. The molecule has 110 valence electrons. The normalized spacial score (nSPS) is 10.3. The van der Waals surface area contributed by atoms with E-state index in [2.05, 4.69) is 31.9 Å². The highest BCUT2D eigenvalue weighted by atomic mass is 79.9. The van der Waals surface area contributed by atoms with Crippen molar-refractivity contribution in [1.82, 2.24) is 0 Å². The molecule has 5 heteroatoms. The Bertz CT molecular complexity index is 669. The van der Waals surface area contributed by atoms with E-state index in [0.29, 0.717) is 17.1 Å². The van der Waals surface area contributed by atoms with Crippen molar-refractivity contribution in [2.24, 2.45) is 0 Å². The predicted molar refractivity (Wildman–Crippen MR) is 89.4 cm³/mol. The summed E-state index contributed by atoms with van der Waals surface area (Å²) in [6.07, 6.45) is 0. The summed E-state index contributed by atoms with van der Waals surface area (Å²) >= 11 is 6.80. The maximum Gasteiger partial charge on any atom is 0.200 e. The molecule has 0 atom stereocenters. The third kappa shape index (κ3) is 4.08. The smallest absolute Gasteiger partial charge is 0.200 e. The maximum absolute atomic E-state index is 12.1. The number of methoxy groups -OCH3 is 1. The largest absolute Gasteiger partial charge is 0.496 e. The fourth-order valence-electron chi connectivity index (χ4n) is 1.82. The van der Waals surface area contributed by atoms with Crippen molar-refractivity contribution in [3.05, 3.63) is 56.5 Å². The highest BCUT2D eigenvalue weighted by molar-refractivity contribution is 9.11. The third-order valence-corrected chi connectivity index (χ3v) is 4.14. The zero-order valence-electron chi connectivity index (χ0n) is 11.7. The summed E-state index contributed by atoms with van der Waals surface area (Å²) in [5, 5.41) is 0. The van der Waals surface area contributed by atoms with Gasteiger partial charge in [-0.1, -0.05) is 23.8 Å². The average Bonchev–Trinajstić information content (AvgIpc) is 2.47. The van der Waals surface area contributed by atoms with Crippen molar-refractivity contribution >= 4 is 37.6 Å². The first-order chi connectivity index (χ1) is 10.0. The van der Waals surface area contributed by atoms with Gasteiger partial charge >= 0.3 is 0 Å². The highest BCUT2D eigenvalue weighted by Crippen LogP contribution is 2.36. The van der Waals surface area contributed by atoms with E-state index >= 15 is 0 Å². The minimum absolute atomic E-state index is 0.0131. The number of carbonyl (C=O) groups is 1. The summed E-state index contributed by atoms with van der Waals surface area (Å²) in [6, 6.07) is 11.0. The first-order valence-electron chi connectivity index (χ1n) is 6.27. The minimum Gasteiger partial charge on any atom is -0.496 e. The van der Waals surface area contributed by atoms with Gasteiger partial charge < -0.3 is 9.47 Å². The van der Waals surface area contributed by atoms with Crippen LogP contribution in [0.1, 0.15) is 15.9 Å². The summed E-state index contributed by atoms with van der Waals surface area (Å²) < 4.78 is 12.3. The molecule has 0 radical (unpaired) electrons. The average molecular weight is 414 g/mol. The number of ketones is 1. The van der Waals surface area contributed by atoms with E-state index in [1.807, 2.05) is 25.1 Å².